The summed E-state index contributed by atoms with van der Waals surface area (Å²) in [7, 11) is 1.62. The molecule has 0 radical (unpaired) electrons. The molecule has 0 bridgehead atoms. The molecule has 0 atom stereocenters. The second-order valence-electron chi connectivity index (χ2n) is 3.90. The summed E-state index contributed by atoms with van der Waals surface area (Å²) in [5.41, 5.74) is 0.676. The van der Waals surface area contributed by atoms with Gasteiger partial charge in [0.15, 0.2) is 11.6 Å². The van der Waals surface area contributed by atoms with Crippen LogP contribution >= 0.6 is 0 Å². The lowest BCUT2D eigenvalue weighted by molar-refractivity contribution is 0.199. The summed E-state index contributed by atoms with van der Waals surface area (Å²) in [6, 6.07) is 3.92. The van der Waals surface area contributed by atoms with Gasteiger partial charge in [0.25, 0.3) is 0 Å². The lowest BCUT2D eigenvalue weighted by Gasteiger charge is -2.02. The molecule has 0 amide bonds. The van der Waals surface area contributed by atoms with Gasteiger partial charge < -0.3 is 10.1 Å². The van der Waals surface area contributed by atoms with Gasteiger partial charge in [0.05, 0.1) is 18.5 Å². The third-order valence-corrected chi connectivity index (χ3v) is 2.51. The molecule has 0 aliphatic carbocycles. The second kappa shape index (κ2) is 6.35. The van der Waals surface area contributed by atoms with Gasteiger partial charge in [-0.1, -0.05) is 11.3 Å². The molecule has 2 aromatic rings. The van der Waals surface area contributed by atoms with Crippen LogP contribution in [-0.2, 0) is 11.3 Å². The Morgan fingerprint density at radius 1 is 1.37 bits per heavy atom. The topological polar surface area (TPSA) is 52.0 Å². The van der Waals surface area contributed by atoms with Crippen LogP contribution < -0.4 is 5.32 Å². The van der Waals surface area contributed by atoms with Crippen LogP contribution in [0.5, 0.6) is 0 Å². The first kappa shape index (κ1) is 13.6. The molecule has 0 saturated carbocycles. The van der Waals surface area contributed by atoms with E-state index in [2.05, 4.69) is 15.6 Å². The van der Waals surface area contributed by atoms with Crippen LogP contribution in [0.4, 0.5) is 8.78 Å². The van der Waals surface area contributed by atoms with Gasteiger partial charge in [0, 0.05) is 20.2 Å². The summed E-state index contributed by atoms with van der Waals surface area (Å²) in [4.78, 5) is 0. The van der Waals surface area contributed by atoms with Gasteiger partial charge in [-0.3, -0.25) is 0 Å². The van der Waals surface area contributed by atoms with Crippen molar-refractivity contribution < 1.29 is 13.5 Å². The molecule has 0 aliphatic heterocycles. The highest BCUT2D eigenvalue weighted by Crippen LogP contribution is 2.15. The summed E-state index contributed by atoms with van der Waals surface area (Å²) in [6.45, 7) is 1.75. The predicted octanol–water partition coefficient (Wildman–Crippen LogP) is 1.28. The summed E-state index contributed by atoms with van der Waals surface area (Å²) >= 11 is 0. The van der Waals surface area contributed by atoms with Crippen molar-refractivity contribution in [3.05, 3.63) is 41.7 Å². The molecule has 1 N–H and O–H groups in total. The van der Waals surface area contributed by atoms with Crippen LogP contribution in [-0.4, -0.2) is 35.3 Å². The van der Waals surface area contributed by atoms with E-state index in [0.717, 1.165) is 6.07 Å². The zero-order chi connectivity index (χ0) is 13.7. The fourth-order valence-corrected chi connectivity index (χ4v) is 1.56. The van der Waals surface area contributed by atoms with Crippen LogP contribution in [0.2, 0.25) is 0 Å². The molecule has 0 spiro atoms. The number of hydrogen-bond donors (Lipinski definition) is 1. The van der Waals surface area contributed by atoms with E-state index in [9.17, 15) is 8.78 Å². The molecular formula is C12H14F2N4O. The van der Waals surface area contributed by atoms with Crippen LogP contribution in [0.1, 0.15) is 5.69 Å². The number of rotatable bonds is 6. The van der Waals surface area contributed by atoms with E-state index in [4.69, 9.17) is 4.74 Å². The largest absolute Gasteiger partial charge is 0.383 e. The summed E-state index contributed by atoms with van der Waals surface area (Å²) in [6.07, 6.45) is 1.55. The van der Waals surface area contributed by atoms with E-state index in [1.807, 2.05) is 0 Å². The molecule has 0 fully saturated rings. The van der Waals surface area contributed by atoms with Crippen molar-refractivity contribution in [2.75, 3.05) is 20.3 Å². The minimum absolute atomic E-state index is 0.0376. The highest BCUT2D eigenvalue weighted by Gasteiger charge is 2.11. The van der Waals surface area contributed by atoms with E-state index in [-0.39, 0.29) is 5.69 Å². The molecule has 5 nitrogen and oxygen atoms in total. The van der Waals surface area contributed by atoms with Crippen molar-refractivity contribution in [1.29, 1.82) is 0 Å². The molecule has 102 valence electrons. The van der Waals surface area contributed by atoms with Gasteiger partial charge in [0.1, 0.15) is 5.69 Å². The lowest BCUT2D eigenvalue weighted by Crippen LogP contribution is -2.18. The van der Waals surface area contributed by atoms with E-state index < -0.39 is 11.6 Å². The number of benzene rings is 1. The normalized spacial score (nSPS) is 10.9. The summed E-state index contributed by atoms with van der Waals surface area (Å²) < 4.78 is 32.8. The molecule has 2 rings (SSSR count). The van der Waals surface area contributed by atoms with Crippen molar-refractivity contribution in [2.24, 2.45) is 0 Å². The van der Waals surface area contributed by atoms with Crippen molar-refractivity contribution in [3.63, 3.8) is 0 Å². The van der Waals surface area contributed by atoms with E-state index in [1.54, 1.807) is 13.3 Å². The molecule has 1 aromatic heterocycles. The predicted molar refractivity (Wildman–Crippen MR) is 64.9 cm³/mol. The number of aromatic nitrogens is 3. The van der Waals surface area contributed by atoms with Crippen molar-refractivity contribution >= 4 is 0 Å². The highest BCUT2D eigenvalue weighted by atomic mass is 19.2. The summed E-state index contributed by atoms with van der Waals surface area (Å²) in [5, 5.41) is 10.7. The van der Waals surface area contributed by atoms with Crippen LogP contribution in [0.15, 0.2) is 24.4 Å². The minimum Gasteiger partial charge on any atom is -0.383 e. The Labute approximate surface area is 109 Å². The van der Waals surface area contributed by atoms with Crippen LogP contribution in [0.3, 0.4) is 0 Å². The molecule has 0 unspecified atom stereocenters. The average Bonchev–Trinajstić information content (AvgIpc) is 2.87. The van der Waals surface area contributed by atoms with E-state index in [1.165, 1.54) is 16.8 Å². The first-order valence-electron chi connectivity index (χ1n) is 5.77. The van der Waals surface area contributed by atoms with Crippen LogP contribution in [0.25, 0.3) is 5.69 Å². The fraction of sp³-hybridized carbons (Fsp3) is 0.333. The Bertz CT molecular complexity index is 544. The molecule has 19 heavy (non-hydrogen) atoms. The number of nitrogens with zero attached hydrogens (tertiary/aromatic N) is 3. The number of ether oxygens (including phenoxy) is 1. The Morgan fingerprint density at radius 3 is 3.00 bits per heavy atom. The minimum atomic E-state index is -0.939. The second-order valence-corrected chi connectivity index (χ2v) is 3.90. The zero-order valence-corrected chi connectivity index (χ0v) is 10.4. The maximum atomic E-state index is 13.6. The van der Waals surface area contributed by atoms with Crippen molar-refractivity contribution in [3.8, 4) is 5.69 Å². The van der Waals surface area contributed by atoms with Crippen molar-refractivity contribution in [2.45, 2.75) is 6.54 Å². The quantitative estimate of drug-likeness (QED) is 0.802. The number of halogens is 2. The van der Waals surface area contributed by atoms with Gasteiger partial charge >= 0.3 is 0 Å². The third kappa shape index (κ3) is 3.33. The SMILES string of the molecule is COCCNCc1cn(-c2cccc(F)c2F)nn1. The first-order valence-corrected chi connectivity index (χ1v) is 5.77. The van der Waals surface area contributed by atoms with Gasteiger partial charge in [-0.2, -0.15) is 0 Å². The van der Waals surface area contributed by atoms with Gasteiger partial charge in [0.2, 0.25) is 0 Å². The fourth-order valence-electron chi connectivity index (χ4n) is 1.56. The van der Waals surface area contributed by atoms with E-state index in [0.29, 0.717) is 25.4 Å². The van der Waals surface area contributed by atoms with Gasteiger partial charge in [-0.15, -0.1) is 5.10 Å². The molecule has 0 saturated heterocycles. The first-order chi connectivity index (χ1) is 9.22. The van der Waals surface area contributed by atoms with E-state index >= 15 is 0 Å². The number of methoxy groups -OCH3 is 1. The Hall–Kier alpha value is -1.86. The maximum absolute atomic E-state index is 13.6. The molecule has 1 heterocycles. The van der Waals surface area contributed by atoms with Crippen molar-refractivity contribution in [1.82, 2.24) is 20.3 Å². The molecular weight excluding hydrogens is 254 g/mol. The standard InChI is InChI=1S/C12H14F2N4O/c1-19-6-5-15-7-9-8-18(17-16-9)11-4-2-3-10(13)12(11)14/h2-4,8,15H,5-7H2,1H3. The lowest BCUT2D eigenvalue weighted by atomic mass is 10.3. The number of nitrogens with one attached hydrogen (secondary N) is 1. The van der Waals surface area contributed by atoms with Gasteiger partial charge in [-0.05, 0) is 12.1 Å². The Morgan fingerprint density at radius 2 is 2.21 bits per heavy atom. The van der Waals surface area contributed by atoms with Crippen LogP contribution in [0, 0.1) is 11.6 Å². The molecule has 1 aromatic carbocycles. The summed E-state index contributed by atoms with van der Waals surface area (Å²) in [5.74, 6) is -1.85. The maximum Gasteiger partial charge on any atom is 0.184 e. The number of hydrogen-bond acceptors (Lipinski definition) is 4. The monoisotopic (exact) mass is 268 g/mol. The average molecular weight is 268 g/mol. The third-order valence-electron chi connectivity index (χ3n) is 2.51. The highest BCUT2D eigenvalue weighted by molar-refractivity contribution is 5.33. The zero-order valence-electron chi connectivity index (χ0n) is 10.4. The Kier molecular flexibility index (Phi) is 4.53. The van der Waals surface area contributed by atoms with Gasteiger partial charge in [-0.25, -0.2) is 13.5 Å². The molecule has 7 heteroatoms. The smallest absolute Gasteiger partial charge is 0.184 e. The molecule has 0 aliphatic rings. The Balaban J connectivity index is 2.06.